The van der Waals surface area contributed by atoms with Crippen LogP contribution in [0.25, 0.3) is 0 Å². The zero-order valence-corrected chi connectivity index (χ0v) is 8.29. The Morgan fingerprint density at radius 3 is 2.79 bits per heavy atom. The normalized spacial score (nSPS) is 10.1. The van der Waals surface area contributed by atoms with Gasteiger partial charge in [0.15, 0.2) is 0 Å². The maximum atomic E-state index is 10.2. The number of carbonyl (C=O) groups is 1. The molecular formula is C11H15NO2. The van der Waals surface area contributed by atoms with E-state index in [9.17, 15) is 4.79 Å². The van der Waals surface area contributed by atoms with E-state index < -0.39 is 5.97 Å². The first kappa shape index (κ1) is 10.7. The molecule has 0 aliphatic heterocycles. The average molecular weight is 193 g/mol. The Bertz CT molecular complexity index is 310. The van der Waals surface area contributed by atoms with Crippen LogP contribution in [-0.2, 0) is 11.2 Å². The number of carboxylic acid groups (broad SMARTS) is 1. The predicted octanol–water partition coefficient (Wildman–Crippen LogP) is 1.21. The minimum Gasteiger partial charge on any atom is -0.480 e. The number of hydrogen-bond donors (Lipinski definition) is 2. The fraction of sp³-hybridized carbons (Fsp3) is 0.364. The standard InChI is InChI=1S/C11H15NO2/c1-9-4-2-3-5-10(9)6-7-12-8-11(13)14/h2-5,12H,6-8H2,1H3,(H,13,14). The van der Waals surface area contributed by atoms with Crippen molar-refractivity contribution in [3.63, 3.8) is 0 Å². The Morgan fingerprint density at radius 2 is 2.14 bits per heavy atom. The van der Waals surface area contributed by atoms with Gasteiger partial charge in [-0.05, 0) is 31.0 Å². The minimum atomic E-state index is -0.810. The van der Waals surface area contributed by atoms with Gasteiger partial charge < -0.3 is 10.4 Å². The van der Waals surface area contributed by atoms with Crippen molar-refractivity contribution in [1.29, 1.82) is 0 Å². The van der Waals surface area contributed by atoms with Gasteiger partial charge in [0, 0.05) is 0 Å². The van der Waals surface area contributed by atoms with Crippen LogP contribution in [0.1, 0.15) is 11.1 Å². The van der Waals surface area contributed by atoms with Crippen LogP contribution >= 0.6 is 0 Å². The largest absolute Gasteiger partial charge is 0.480 e. The number of benzene rings is 1. The summed E-state index contributed by atoms with van der Waals surface area (Å²) in [5, 5.41) is 11.3. The van der Waals surface area contributed by atoms with Gasteiger partial charge in [0.25, 0.3) is 0 Å². The molecule has 0 unspecified atom stereocenters. The van der Waals surface area contributed by atoms with Gasteiger partial charge in [-0.2, -0.15) is 0 Å². The first-order valence-corrected chi connectivity index (χ1v) is 4.67. The summed E-state index contributed by atoms with van der Waals surface area (Å²) >= 11 is 0. The third-order valence-corrected chi connectivity index (χ3v) is 2.11. The molecule has 3 heteroatoms. The topological polar surface area (TPSA) is 49.3 Å². The van der Waals surface area contributed by atoms with E-state index in [0.717, 1.165) is 6.42 Å². The monoisotopic (exact) mass is 193 g/mol. The molecule has 0 aliphatic rings. The molecule has 0 heterocycles. The van der Waals surface area contributed by atoms with Crippen molar-refractivity contribution in [3.8, 4) is 0 Å². The summed E-state index contributed by atoms with van der Waals surface area (Å²) < 4.78 is 0. The summed E-state index contributed by atoms with van der Waals surface area (Å²) in [6, 6.07) is 8.13. The lowest BCUT2D eigenvalue weighted by Crippen LogP contribution is -2.24. The number of hydrogen-bond acceptors (Lipinski definition) is 2. The Hall–Kier alpha value is -1.35. The first-order chi connectivity index (χ1) is 6.70. The molecule has 2 N–H and O–H groups in total. The number of aryl methyl sites for hydroxylation is 1. The highest BCUT2D eigenvalue weighted by molar-refractivity contribution is 5.68. The van der Waals surface area contributed by atoms with E-state index in [4.69, 9.17) is 5.11 Å². The van der Waals surface area contributed by atoms with Crippen molar-refractivity contribution in [2.75, 3.05) is 13.1 Å². The van der Waals surface area contributed by atoms with Crippen LogP contribution in [0.4, 0.5) is 0 Å². The molecule has 0 saturated carbocycles. The minimum absolute atomic E-state index is 0.0336. The predicted molar refractivity (Wildman–Crippen MR) is 55.4 cm³/mol. The molecule has 14 heavy (non-hydrogen) atoms. The van der Waals surface area contributed by atoms with Gasteiger partial charge in [0.1, 0.15) is 0 Å². The van der Waals surface area contributed by atoms with E-state index in [1.54, 1.807) is 0 Å². The van der Waals surface area contributed by atoms with Crippen molar-refractivity contribution in [2.24, 2.45) is 0 Å². The molecule has 1 aromatic carbocycles. The van der Waals surface area contributed by atoms with Gasteiger partial charge in [-0.15, -0.1) is 0 Å². The van der Waals surface area contributed by atoms with Gasteiger partial charge in [-0.1, -0.05) is 24.3 Å². The highest BCUT2D eigenvalue weighted by Gasteiger charge is 1.98. The van der Waals surface area contributed by atoms with Crippen LogP contribution in [0.3, 0.4) is 0 Å². The van der Waals surface area contributed by atoms with Crippen molar-refractivity contribution < 1.29 is 9.90 Å². The smallest absolute Gasteiger partial charge is 0.317 e. The van der Waals surface area contributed by atoms with Crippen LogP contribution in [0.5, 0.6) is 0 Å². The van der Waals surface area contributed by atoms with E-state index in [1.807, 2.05) is 12.1 Å². The Kier molecular flexibility index (Phi) is 4.13. The summed E-state index contributed by atoms with van der Waals surface area (Å²) in [6.45, 7) is 2.80. The molecule has 0 radical (unpaired) electrons. The van der Waals surface area contributed by atoms with E-state index in [-0.39, 0.29) is 6.54 Å². The molecule has 3 nitrogen and oxygen atoms in total. The second-order valence-electron chi connectivity index (χ2n) is 3.25. The summed E-state index contributed by atoms with van der Waals surface area (Å²) in [7, 11) is 0. The fourth-order valence-electron chi connectivity index (χ4n) is 1.31. The van der Waals surface area contributed by atoms with Crippen LogP contribution in [0, 0.1) is 6.92 Å². The second kappa shape index (κ2) is 5.40. The fourth-order valence-corrected chi connectivity index (χ4v) is 1.31. The number of nitrogens with one attached hydrogen (secondary N) is 1. The third kappa shape index (κ3) is 3.58. The molecule has 0 bridgehead atoms. The van der Waals surface area contributed by atoms with Crippen molar-refractivity contribution in [3.05, 3.63) is 35.4 Å². The highest BCUT2D eigenvalue weighted by Crippen LogP contribution is 2.06. The lowest BCUT2D eigenvalue weighted by atomic mass is 10.1. The lowest BCUT2D eigenvalue weighted by Gasteiger charge is -2.05. The molecule has 0 aromatic heterocycles. The third-order valence-electron chi connectivity index (χ3n) is 2.11. The van der Waals surface area contributed by atoms with Gasteiger partial charge in [0.05, 0.1) is 6.54 Å². The van der Waals surface area contributed by atoms with Crippen LogP contribution < -0.4 is 5.32 Å². The van der Waals surface area contributed by atoms with Crippen LogP contribution in [0.15, 0.2) is 24.3 Å². The van der Waals surface area contributed by atoms with Crippen LogP contribution in [-0.4, -0.2) is 24.2 Å². The maximum absolute atomic E-state index is 10.2. The van der Waals surface area contributed by atoms with Gasteiger partial charge in [0.2, 0.25) is 0 Å². The van der Waals surface area contributed by atoms with Crippen LogP contribution in [0.2, 0.25) is 0 Å². The zero-order valence-electron chi connectivity index (χ0n) is 8.29. The molecule has 0 spiro atoms. The number of aliphatic carboxylic acids is 1. The Labute approximate surface area is 83.8 Å². The summed E-state index contributed by atoms with van der Waals surface area (Å²) in [4.78, 5) is 10.2. The molecule has 76 valence electrons. The molecular weight excluding hydrogens is 178 g/mol. The van der Waals surface area contributed by atoms with Gasteiger partial charge >= 0.3 is 5.97 Å². The Morgan fingerprint density at radius 1 is 1.43 bits per heavy atom. The van der Waals surface area contributed by atoms with Crippen molar-refractivity contribution >= 4 is 5.97 Å². The molecule has 0 fully saturated rings. The first-order valence-electron chi connectivity index (χ1n) is 4.67. The highest BCUT2D eigenvalue weighted by atomic mass is 16.4. The summed E-state index contributed by atoms with van der Waals surface area (Å²) in [5.74, 6) is -0.810. The quantitative estimate of drug-likeness (QED) is 0.691. The molecule has 0 atom stereocenters. The average Bonchev–Trinajstić information content (AvgIpc) is 2.15. The van der Waals surface area contributed by atoms with Gasteiger partial charge in [-0.3, -0.25) is 4.79 Å². The van der Waals surface area contributed by atoms with E-state index >= 15 is 0 Å². The molecule has 1 aromatic rings. The summed E-state index contributed by atoms with van der Waals surface area (Å²) in [6.07, 6.45) is 0.875. The number of carboxylic acids is 1. The molecule has 0 saturated heterocycles. The second-order valence-corrected chi connectivity index (χ2v) is 3.25. The van der Waals surface area contributed by atoms with Gasteiger partial charge in [-0.25, -0.2) is 0 Å². The lowest BCUT2D eigenvalue weighted by molar-refractivity contribution is -0.135. The SMILES string of the molecule is Cc1ccccc1CCNCC(=O)O. The van der Waals surface area contributed by atoms with E-state index in [2.05, 4.69) is 24.4 Å². The molecule has 1 rings (SSSR count). The zero-order chi connectivity index (χ0) is 10.4. The van der Waals surface area contributed by atoms with Crippen molar-refractivity contribution in [1.82, 2.24) is 5.32 Å². The molecule has 0 aliphatic carbocycles. The van der Waals surface area contributed by atoms with E-state index in [0.29, 0.717) is 6.54 Å². The number of rotatable bonds is 5. The maximum Gasteiger partial charge on any atom is 0.317 e. The van der Waals surface area contributed by atoms with Crippen molar-refractivity contribution in [2.45, 2.75) is 13.3 Å². The molecule has 0 amide bonds. The summed E-state index contributed by atoms with van der Waals surface area (Å²) in [5.41, 5.74) is 2.52. The van der Waals surface area contributed by atoms with E-state index in [1.165, 1.54) is 11.1 Å². The Balaban J connectivity index is 2.31.